The van der Waals surface area contributed by atoms with Gasteiger partial charge in [0.2, 0.25) is 0 Å². The van der Waals surface area contributed by atoms with Crippen molar-refractivity contribution in [2.24, 2.45) is 0 Å². The van der Waals surface area contributed by atoms with Gasteiger partial charge >= 0.3 is 0 Å². The van der Waals surface area contributed by atoms with Crippen LogP contribution < -0.4 is 5.32 Å². The molecule has 0 unspecified atom stereocenters. The number of nitrogens with one attached hydrogen (secondary N) is 1. The van der Waals surface area contributed by atoms with E-state index in [9.17, 15) is 4.79 Å². The second-order valence-electron chi connectivity index (χ2n) is 2.89. The Morgan fingerprint density at radius 2 is 2.07 bits per heavy atom. The first-order valence-corrected chi connectivity index (χ1v) is 5.71. The first kappa shape index (κ1) is 11.2. The van der Waals surface area contributed by atoms with Crippen molar-refractivity contribution in [1.29, 1.82) is 0 Å². The van der Waals surface area contributed by atoms with Crippen LogP contribution in [-0.2, 0) is 0 Å². The molecule has 0 bridgehead atoms. The minimum atomic E-state index is -0.0260. The Morgan fingerprint density at radius 3 is 2.71 bits per heavy atom. The summed E-state index contributed by atoms with van der Waals surface area (Å²) >= 11 is 3.34. The predicted octanol–water partition coefficient (Wildman–Crippen LogP) is 1.99. The average molecular weight is 257 g/mol. The lowest BCUT2D eigenvalue weighted by Gasteiger charge is -2.03. The molecule has 0 atom stereocenters. The Labute approximate surface area is 92.1 Å². The molecule has 0 spiro atoms. The van der Waals surface area contributed by atoms with Crippen LogP contribution in [0.4, 0.5) is 0 Å². The van der Waals surface area contributed by atoms with Gasteiger partial charge in [0.25, 0.3) is 5.91 Å². The van der Waals surface area contributed by atoms with Crippen LogP contribution in [0.1, 0.15) is 23.2 Å². The van der Waals surface area contributed by atoms with Gasteiger partial charge in [-0.2, -0.15) is 0 Å². The molecule has 3 nitrogen and oxygen atoms in total. The predicted molar refractivity (Wildman–Crippen MR) is 59.6 cm³/mol. The highest BCUT2D eigenvalue weighted by Crippen LogP contribution is 1.96. The third kappa shape index (κ3) is 3.87. The standard InChI is InChI=1S/C10H13BrN2O/c11-5-1-2-6-13-10(14)9-3-7-12-8-4-9/h3-4,7-8H,1-2,5-6H2,(H,13,14). The largest absolute Gasteiger partial charge is 0.352 e. The van der Waals surface area contributed by atoms with Gasteiger partial charge in [-0.15, -0.1) is 0 Å². The van der Waals surface area contributed by atoms with E-state index in [0.29, 0.717) is 5.56 Å². The van der Waals surface area contributed by atoms with Crippen molar-refractivity contribution in [3.63, 3.8) is 0 Å². The highest BCUT2D eigenvalue weighted by atomic mass is 79.9. The molecule has 1 rings (SSSR count). The fraction of sp³-hybridized carbons (Fsp3) is 0.400. The van der Waals surface area contributed by atoms with Crippen molar-refractivity contribution < 1.29 is 4.79 Å². The van der Waals surface area contributed by atoms with Gasteiger partial charge in [-0.25, -0.2) is 0 Å². The maximum Gasteiger partial charge on any atom is 0.251 e. The van der Waals surface area contributed by atoms with Crippen molar-refractivity contribution in [1.82, 2.24) is 10.3 Å². The van der Waals surface area contributed by atoms with Crippen LogP contribution in [0.15, 0.2) is 24.5 Å². The molecule has 0 fully saturated rings. The highest BCUT2D eigenvalue weighted by molar-refractivity contribution is 9.09. The molecular formula is C10H13BrN2O. The maximum atomic E-state index is 11.5. The number of nitrogens with zero attached hydrogens (tertiary/aromatic N) is 1. The molecule has 0 aliphatic heterocycles. The molecule has 0 saturated heterocycles. The van der Waals surface area contributed by atoms with Gasteiger partial charge in [-0.05, 0) is 25.0 Å². The van der Waals surface area contributed by atoms with Crippen molar-refractivity contribution in [3.8, 4) is 0 Å². The molecule has 0 aliphatic rings. The quantitative estimate of drug-likeness (QED) is 0.647. The smallest absolute Gasteiger partial charge is 0.251 e. The summed E-state index contributed by atoms with van der Waals surface area (Å²) in [6.07, 6.45) is 5.32. The van der Waals surface area contributed by atoms with E-state index in [0.717, 1.165) is 24.7 Å². The summed E-state index contributed by atoms with van der Waals surface area (Å²) in [5.74, 6) is -0.0260. The number of rotatable bonds is 5. The molecule has 0 radical (unpaired) electrons. The van der Waals surface area contributed by atoms with Gasteiger partial charge < -0.3 is 5.32 Å². The van der Waals surface area contributed by atoms with E-state index in [-0.39, 0.29) is 5.91 Å². The number of pyridine rings is 1. The normalized spacial score (nSPS) is 9.79. The fourth-order valence-corrected chi connectivity index (χ4v) is 1.42. The molecule has 1 heterocycles. The monoisotopic (exact) mass is 256 g/mol. The molecule has 1 N–H and O–H groups in total. The molecule has 0 aromatic carbocycles. The van der Waals surface area contributed by atoms with E-state index >= 15 is 0 Å². The molecular weight excluding hydrogens is 244 g/mol. The molecule has 1 amide bonds. The van der Waals surface area contributed by atoms with E-state index in [1.165, 1.54) is 0 Å². The molecule has 1 aromatic heterocycles. The number of unbranched alkanes of at least 4 members (excludes halogenated alkanes) is 1. The minimum Gasteiger partial charge on any atom is -0.352 e. The van der Waals surface area contributed by atoms with Crippen LogP contribution in [0.3, 0.4) is 0 Å². The van der Waals surface area contributed by atoms with Crippen LogP contribution in [-0.4, -0.2) is 22.8 Å². The number of carbonyl (C=O) groups is 1. The van der Waals surface area contributed by atoms with Crippen LogP contribution in [0, 0.1) is 0 Å². The molecule has 4 heteroatoms. The van der Waals surface area contributed by atoms with Crippen molar-refractivity contribution in [2.45, 2.75) is 12.8 Å². The number of halogens is 1. The molecule has 76 valence electrons. The van der Waals surface area contributed by atoms with Gasteiger partial charge in [-0.1, -0.05) is 15.9 Å². The summed E-state index contributed by atoms with van der Waals surface area (Å²) in [7, 11) is 0. The zero-order valence-electron chi connectivity index (χ0n) is 7.87. The Balaban J connectivity index is 2.29. The van der Waals surface area contributed by atoms with E-state index in [1.54, 1.807) is 24.5 Å². The zero-order chi connectivity index (χ0) is 10.2. The van der Waals surface area contributed by atoms with Gasteiger partial charge in [0, 0.05) is 29.8 Å². The van der Waals surface area contributed by atoms with E-state index < -0.39 is 0 Å². The maximum absolute atomic E-state index is 11.5. The van der Waals surface area contributed by atoms with Crippen molar-refractivity contribution in [3.05, 3.63) is 30.1 Å². The van der Waals surface area contributed by atoms with Gasteiger partial charge in [0.05, 0.1) is 0 Å². The Bertz CT molecular complexity index is 277. The number of carbonyl (C=O) groups excluding carboxylic acids is 1. The van der Waals surface area contributed by atoms with Crippen LogP contribution in [0.2, 0.25) is 0 Å². The minimum absolute atomic E-state index is 0.0260. The number of hydrogen-bond donors (Lipinski definition) is 1. The molecule has 14 heavy (non-hydrogen) atoms. The summed E-state index contributed by atoms with van der Waals surface area (Å²) < 4.78 is 0. The molecule has 0 aliphatic carbocycles. The second kappa shape index (κ2) is 6.54. The Kier molecular flexibility index (Phi) is 5.22. The summed E-state index contributed by atoms with van der Waals surface area (Å²) in [5.41, 5.74) is 0.666. The van der Waals surface area contributed by atoms with Gasteiger partial charge in [-0.3, -0.25) is 9.78 Å². The molecule has 0 saturated carbocycles. The summed E-state index contributed by atoms with van der Waals surface area (Å²) in [6.45, 7) is 0.729. The van der Waals surface area contributed by atoms with Crippen molar-refractivity contribution in [2.75, 3.05) is 11.9 Å². The zero-order valence-corrected chi connectivity index (χ0v) is 9.46. The molecule has 1 aromatic rings. The Morgan fingerprint density at radius 1 is 1.36 bits per heavy atom. The third-order valence-corrected chi connectivity index (χ3v) is 2.35. The summed E-state index contributed by atoms with van der Waals surface area (Å²) in [5, 5.41) is 3.83. The lowest BCUT2D eigenvalue weighted by atomic mass is 10.2. The highest BCUT2D eigenvalue weighted by Gasteiger charge is 2.02. The van der Waals surface area contributed by atoms with E-state index in [1.807, 2.05) is 0 Å². The number of aromatic nitrogens is 1. The first-order chi connectivity index (χ1) is 6.84. The number of hydrogen-bond acceptors (Lipinski definition) is 2. The average Bonchev–Trinajstić information content (AvgIpc) is 2.25. The fourth-order valence-electron chi connectivity index (χ4n) is 1.03. The third-order valence-electron chi connectivity index (χ3n) is 1.79. The number of amides is 1. The summed E-state index contributed by atoms with van der Waals surface area (Å²) in [4.78, 5) is 15.3. The van der Waals surface area contributed by atoms with Crippen LogP contribution in [0.25, 0.3) is 0 Å². The second-order valence-corrected chi connectivity index (χ2v) is 3.68. The Hall–Kier alpha value is -0.900. The van der Waals surface area contributed by atoms with E-state index in [2.05, 4.69) is 26.2 Å². The van der Waals surface area contributed by atoms with Gasteiger partial charge in [0.15, 0.2) is 0 Å². The lowest BCUT2D eigenvalue weighted by molar-refractivity contribution is 0.0953. The summed E-state index contributed by atoms with van der Waals surface area (Å²) in [6, 6.07) is 3.42. The first-order valence-electron chi connectivity index (χ1n) is 4.59. The van der Waals surface area contributed by atoms with Crippen LogP contribution in [0.5, 0.6) is 0 Å². The van der Waals surface area contributed by atoms with Crippen LogP contribution >= 0.6 is 15.9 Å². The topological polar surface area (TPSA) is 42.0 Å². The lowest BCUT2D eigenvalue weighted by Crippen LogP contribution is -2.24. The van der Waals surface area contributed by atoms with Crippen molar-refractivity contribution >= 4 is 21.8 Å². The number of alkyl halides is 1. The van der Waals surface area contributed by atoms with E-state index in [4.69, 9.17) is 0 Å². The van der Waals surface area contributed by atoms with Gasteiger partial charge in [0.1, 0.15) is 0 Å². The SMILES string of the molecule is O=C(NCCCCBr)c1ccncc1.